The molecule has 0 amide bonds. The summed E-state index contributed by atoms with van der Waals surface area (Å²) in [7, 11) is 0. The van der Waals surface area contributed by atoms with Crippen LogP contribution < -0.4 is 26.8 Å². The van der Waals surface area contributed by atoms with Crippen LogP contribution in [0.5, 0.6) is 0 Å². The Kier molecular flexibility index (Phi) is 25.3. The van der Waals surface area contributed by atoms with Gasteiger partial charge < -0.3 is 4.90 Å². The van der Waals surface area contributed by atoms with E-state index in [1.165, 1.54) is 174 Å². The number of nitrogens with one attached hydrogen (secondary N) is 1. The number of quaternary nitrogens is 1. The molecule has 0 radical (unpaired) electrons. The van der Waals surface area contributed by atoms with Gasteiger partial charge >= 0.3 is 0 Å². The van der Waals surface area contributed by atoms with Gasteiger partial charge in [0.15, 0.2) is 69.8 Å². The molecule has 5 rings (SSSR count). The molecule has 1 aliphatic carbocycles. The van der Waals surface area contributed by atoms with E-state index in [0.717, 1.165) is 6.04 Å². The molecule has 0 unspecified atom stereocenters. The molecule has 1 N–H and O–H groups in total. The third kappa shape index (κ3) is 14.2. The molecule has 76 heavy (non-hydrogen) atoms. The van der Waals surface area contributed by atoms with Crippen LogP contribution in [-0.2, 0) is 0 Å². The first kappa shape index (κ1) is 64.0. The van der Waals surface area contributed by atoms with Crippen molar-refractivity contribution in [3.05, 3.63) is 116 Å². The van der Waals surface area contributed by atoms with E-state index in [2.05, 4.69) is 13.8 Å². The minimum atomic E-state index is -7.22. The Morgan fingerprint density at radius 3 is 0.658 bits per heavy atom. The van der Waals surface area contributed by atoms with Crippen molar-refractivity contribution in [1.82, 2.24) is 0 Å². The van der Waals surface area contributed by atoms with Crippen LogP contribution in [0.25, 0.3) is 0 Å². The second-order valence-electron chi connectivity index (χ2n) is 19.7. The van der Waals surface area contributed by atoms with Crippen LogP contribution in [0.3, 0.4) is 0 Å². The molecule has 426 valence electrons. The first-order chi connectivity index (χ1) is 36.1. The van der Waals surface area contributed by atoms with E-state index in [1.54, 1.807) is 0 Å². The first-order valence-electron chi connectivity index (χ1n) is 26.2. The molecule has 0 aliphatic heterocycles. The Morgan fingerprint density at radius 2 is 0.447 bits per heavy atom. The molecule has 1 fully saturated rings. The van der Waals surface area contributed by atoms with Gasteiger partial charge in [-0.2, -0.15) is 0 Å². The zero-order valence-corrected chi connectivity index (χ0v) is 42.3. The molecule has 4 aromatic carbocycles. The lowest BCUT2D eigenvalue weighted by Gasteiger charge is -2.44. The number of benzene rings is 4. The minimum Gasteiger partial charge on any atom is -0.333 e. The van der Waals surface area contributed by atoms with Crippen molar-refractivity contribution in [3.8, 4) is 0 Å². The monoisotopic (exact) mass is 1120 g/mol. The summed E-state index contributed by atoms with van der Waals surface area (Å²) in [6.45, 7) is 7.57. The fourth-order valence-corrected chi connectivity index (χ4v) is 10.6. The van der Waals surface area contributed by atoms with Gasteiger partial charge in [0.2, 0.25) is 0 Å². The lowest BCUT2D eigenvalue weighted by molar-refractivity contribution is -0.927. The highest BCUT2D eigenvalue weighted by atomic mass is 19.2. The summed E-state index contributed by atoms with van der Waals surface area (Å²) in [6.07, 6.45) is 29.7. The molecule has 4 aromatic rings. The van der Waals surface area contributed by atoms with Crippen LogP contribution in [0.1, 0.15) is 174 Å². The third-order valence-electron chi connectivity index (χ3n) is 14.6. The maximum Gasteiger partial charge on any atom is 0.200 e. The molecule has 22 heteroatoms. The molecule has 0 atom stereocenters. The zero-order valence-electron chi connectivity index (χ0n) is 42.3. The molecule has 0 bridgehead atoms. The van der Waals surface area contributed by atoms with Crippen LogP contribution >= 0.6 is 0 Å². The Labute approximate surface area is 429 Å². The Balaban J connectivity index is 0.000000353. The van der Waals surface area contributed by atoms with E-state index in [4.69, 9.17) is 0 Å². The lowest BCUT2D eigenvalue weighted by atomic mass is 9.12. The SMILES string of the molecule is CCCCCCCCCCCC[NH+](CCCCCCCCCCCC)C1CCCCC1.Fc1c(F)c(F)c([B-](c2c(F)c(F)c(F)c(F)c2F)(c2c(F)c(F)c(F)c(F)c2F)c2c(F)c(F)c(F)c(F)c2F)c(F)c1F. The van der Waals surface area contributed by atoms with Crippen molar-refractivity contribution >= 4 is 28.0 Å². The van der Waals surface area contributed by atoms with Crippen molar-refractivity contribution in [2.75, 3.05) is 13.1 Å². The Morgan fingerprint density at radius 1 is 0.263 bits per heavy atom. The second-order valence-corrected chi connectivity index (χ2v) is 19.7. The van der Waals surface area contributed by atoms with E-state index >= 15 is 35.1 Å². The highest BCUT2D eigenvalue weighted by Crippen LogP contribution is 2.31. The number of rotatable bonds is 27. The van der Waals surface area contributed by atoms with Crippen LogP contribution in [0.15, 0.2) is 0 Å². The predicted octanol–water partition coefficient (Wildman–Crippen LogP) is 14.9. The molecule has 1 nitrogen and oxygen atoms in total. The fourth-order valence-electron chi connectivity index (χ4n) is 10.6. The molecule has 0 heterocycles. The average molecular weight is 1120 g/mol. The van der Waals surface area contributed by atoms with Crippen molar-refractivity contribution < 1.29 is 92.7 Å². The topological polar surface area (TPSA) is 4.44 Å². The molecule has 1 saturated carbocycles. The van der Waals surface area contributed by atoms with Gasteiger partial charge in [-0.15, -0.1) is 21.9 Å². The number of hydrogen-bond donors (Lipinski definition) is 1. The molecular weight excluding hydrogens is 1050 g/mol. The molecular formula is C54H62BF20N. The normalized spacial score (nSPS) is 13.3. The van der Waals surface area contributed by atoms with E-state index in [9.17, 15) is 52.7 Å². The average Bonchev–Trinajstić information content (AvgIpc) is 3.50. The highest BCUT2D eigenvalue weighted by molar-refractivity contribution is 7.20. The summed E-state index contributed by atoms with van der Waals surface area (Å²) in [5, 5.41) is 0. The van der Waals surface area contributed by atoms with Crippen molar-refractivity contribution in [3.63, 3.8) is 0 Å². The summed E-state index contributed by atoms with van der Waals surface area (Å²) in [5.74, 6) is -71.4. The van der Waals surface area contributed by atoms with Crippen LogP contribution in [-0.4, -0.2) is 25.3 Å². The van der Waals surface area contributed by atoms with Gasteiger partial charge in [0.05, 0.1) is 19.1 Å². The van der Waals surface area contributed by atoms with Gasteiger partial charge in [-0.05, 0) is 51.4 Å². The van der Waals surface area contributed by atoms with Crippen molar-refractivity contribution in [2.24, 2.45) is 0 Å². The second kappa shape index (κ2) is 30.0. The zero-order chi connectivity index (χ0) is 56.6. The Hall–Kier alpha value is -4.50. The summed E-state index contributed by atoms with van der Waals surface area (Å²) >= 11 is 0. The van der Waals surface area contributed by atoms with Crippen molar-refractivity contribution in [1.29, 1.82) is 0 Å². The predicted molar refractivity (Wildman–Crippen MR) is 250 cm³/mol. The van der Waals surface area contributed by atoms with Crippen LogP contribution in [0.4, 0.5) is 87.8 Å². The summed E-state index contributed by atoms with van der Waals surface area (Å²) in [4.78, 5) is 2.00. The molecule has 0 aromatic heterocycles. The standard InChI is InChI=1S/C30H61N.C24BF20/c1-3-5-7-9-11-13-15-17-19-24-28-31(30-26-22-21-23-27-30)29-25-20-18-16-14-12-10-8-6-4-2;26-5-1(6(27)14(35)21(42)13(5)34)25(2-7(28)15(36)22(43)16(37)8(2)29,3-9(30)17(38)23(44)18(39)10(3)31)4-11(32)19(40)24(45)20(41)12(4)33/h30H,3-29H2,1-2H3;/q;-1/p+1. The van der Waals surface area contributed by atoms with E-state index in [0.29, 0.717) is 0 Å². The van der Waals surface area contributed by atoms with E-state index in [-0.39, 0.29) is 0 Å². The van der Waals surface area contributed by atoms with Gasteiger partial charge in [0.1, 0.15) is 52.7 Å². The van der Waals surface area contributed by atoms with E-state index < -0.39 is 144 Å². The van der Waals surface area contributed by atoms with Gasteiger partial charge in [0.25, 0.3) is 0 Å². The van der Waals surface area contributed by atoms with Gasteiger partial charge in [0, 0.05) is 0 Å². The molecule has 0 saturated heterocycles. The summed E-state index contributed by atoms with van der Waals surface area (Å²) in [6, 6.07) is 1.01. The van der Waals surface area contributed by atoms with Gasteiger partial charge in [-0.3, -0.25) is 0 Å². The number of halogens is 20. The number of unbranched alkanes of at least 4 members (excludes halogenated alkanes) is 18. The minimum absolute atomic E-state index is 1.01. The van der Waals surface area contributed by atoms with E-state index in [1.807, 2.05) is 4.90 Å². The smallest absolute Gasteiger partial charge is 0.200 e. The first-order valence-corrected chi connectivity index (χ1v) is 26.2. The van der Waals surface area contributed by atoms with Crippen LogP contribution in [0, 0.1) is 116 Å². The number of hydrogen-bond acceptors (Lipinski definition) is 0. The lowest BCUT2D eigenvalue weighted by Crippen LogP contribution is -3.15. The maximum absolute atomic E-state index is 15.4. The van der Waals surface area contributed by atoms with Gasteiger partial charge in [-0.1, -0.05) is 123 Å². The third-order valence-corrected chi connectivity index (χ3v) is 14.6. The maximum atomic E-state index is 15.4. The molecule has 1 aliphatic rings. The largest absolute Gasteiger partial charge is 0.333 e. The Bertz CT molecular complexity index is 2140. The van der Waals surface area contributed by atoms with Crippen molar-refractivity contribution in [2.45, 2.75) is 180 Å². The fraction of sp³-hybridized carbons (Fsp3) is 0.556. The summed E-state index contributed by atoms with van der Waals surface area (Å²) < 4.78 is 294. The highest BCUT2D eigenvalue weighted by Gasteiger charge is 2.52. The molecule has 0 spiro atoms. The van der Waals surface area contributed by atoms with Gasteiger partial charge in [-0.25, -0.2) is 87.8 Å². The summed E-state index contributed by atoms with van der Waals surface area (Å²) in [5.41, 5.74) is -14.3. The quantitative estimate of drug-likeness (QED) is 0.0200. The van der Waals surface area contributed by atoms with Crippen LogP contribution in [0.2, 0.25) is 0 Å².